The third-order valence-corrected chi connectivity index (χ3v) is 2.58. The second-order valence-electron chi connectivity index (χ2n) is 5.43. The summed E-state index contributed by atoms with van der Waals surface area (Å²) in [5.41, 5.74) is -0.583. The molecule has 0 bridgehead atoms. The molecule has 133 valence electrons. The van der Waals surface area contributed by atoms with Gasteiger partial charge >= 0.3 is 37.0 Å². The molecule has 0 amide bonds. The second kappa shape index (κ2) is 24.2. The zero-order valence-corrected chi connectivity index (χ0v) is 19.5. The Morgan fingerprint density at radius 3 is 1.95 bits per heavy atom. The van der Waals surface area contributed by atoms with E-state index in [-0.39, 0.29) is 32.9 Å². The van der Waals surface area contributed by atoms with Crippen molar-refractivity contribution < 1.29 is 14.6 Å². The number of aliphatic hydroxyl groups is 1. The zero-order valence-electron chi connectivity index (χ0n) is 14.9. The number of unbranched alkanes of at least 4 members (excludes halogenated alkanes) is 4. The van der Waals surface area contributed by atoms with Crippen LogP contribution in [0, 0.1) is 5.92 Å². The summed E-state index contributed by atoms with van der Waals surface area (Å²) in [5.74, 6) is 0.800. The molecule has 0 saturated carbocycles. The molecule has 0 heterocycles. The van der Waals surface area contributed by atoms with Gasteiger partial charge in [-0.2, -0.15) is 12.6 Å². The standard InChI is InChI=1S/C12H24O2S.C2H6OS.2CH3.Sn/c1-11(2)8-6-4-3-5-7-9-14-12(13)10-15;1-2(3)4;;;/h11,15H,3-10H2,1-2H3;2-4H,1H3;2*1H3;/q;;;;+1/p-1. The Balaban J connectivity index is -0.000000432. The fourth-order valence-corrected chi connectivity index (χ4v) is 1.51. The summed E-state index contributed by atoms with van der Waals surface area (Å²) in [5, 5.41) is 7.87. The van der Waals surface area contributed by atoms with Gasteiger partial charge in [0.05, 0.1) is 12.4 Å². The number of hydrogen-bond donors (Lipinski definition) is 2. The van der Waals surface area contributed by atoms with E-state index in [2.05, 4.69) is 49.0 Å². The van der Waals surface area contributed by atoms with Crippen LogP contribution in [0.15, 0.2) is 0 Å². The molecule has 0 fully saturated rings. The minimum absolute atomic E-state index is 0.189. The van der Waals surface area contributed by atoms with Gasteiger partial charge in [-0.05, 0) is 12.3 Å². The molecule has 6 heteroatoms. The molecular formula is C16H35O3S2Sn. The summed E-state index contributed by atoms with van der Waals surface area (Å²) in [4.78, 5) is 15.3. The SMILES string of the molecule is CC(C)CCCCCCCOC(=O)CS.CC(O)[S-].[CH3][Sn+][CH3]. The topological polar surface area (TPSA) is 46.5 Å². The van der Waals surface area contributed by atoms with Crippen molar-refractivity contribution in [3.63, 3.8) is 0 Å². The van der Waals surface area contributed by atoms with E-state index in [1.54, 1.807) is 0 Å². The van der Waals surface area contributed by atoms with Crippen molar-refractivity contribution in [2.24, 2.45) is 5.92 Å². The first-order valence-electron chi connectivity index (χ1n) is 8.00. The van der Waals surface area contributed by atoms with Crippen LogP contribution in [0.2, 0.25) is 9.88 Å². The average molecular weight is 458 g/mol. The van der Waals surface area contributed by atoms with E-state index in [1.807, 2.05) is 0 Å². The molecule has 0 aliphatic carbocycles. The van der Waals surface area contributed by atoms with Gasteiger partial charge in [0, 0.05) is 0 Å². The molecule has 1 N–H and O–H groups in total. The Morgan fingerprint density at radius 2 is 1.55 bits per heavy atom. The molecule has 3 nitrogen and oxygen atoms in total. The third kappa shape index (κ3) is 42.8. The van der Waals surface area contributed by atoms with Gasteiger partial charge in [0.15, 0.2) is 0 Å². The van der Waals surface area contributed by atoms with Crippen molar-refractivity contribution >= 4 is 52.4 Å². The van der Waals surface area contributed by atoms with E-state index < -0.39 is 5.44 Å². The first kappa shape index (κ1) is 27.8. The molecule has 1 radical (unpaired) electrons. The number of hydrogen-bond acceptors (Lipinski definition) is 5. The van der Waals surface area contributed by atoms with Crippen LogP contribution < -0.4 is 0 Å². The van der Waals surface area contributed by atoms with Gasteiger partial charge in [0.2, 0.25) is 0 Å². The van der Waals surface area contributed by atoms with Gasteiger partial charge in [-0.1, -0.05) is 58.3 Å². The van der Waals surface area contributed by atoms with Gasteiger partial charge in [-0.15, -0.1) is 0 Å². The maximum absolute atomic E-state index is 10.7. The molecule has 1 atom stereocenters. The van der Waals surface area contributed by atoms with Crippen LogP contribution in [0.25, 0.3) is 0 Å². The van der Waals surface area contributed by atoms with E-state index in [9.17, 15) is 4.79 Å². The van der Waals surface area contributed by atoms with Crippen LogP contribution >= 0.6 is 12.6 Å². The van der Waals surface area contributed by atoms with Crippen molar-refractivity contribution in [1.82, 2.24) is 0 Å². The minimum atomic E-state index is -0.583. The summed E-state index contributed by atoms with van der Waals surface area (Å²) in [6, 6.07) is 0. The first-order valence-corrected chi connectivity index (χ1v) is 14.8. The van der Waals surface area contributed by atoms with E-state index in [0.29, 0.717) is 6.61 Å². The Hall–Kier alpha value is 0.929. The molecule has 0 aliphatic rings. The summed E-state index contributed by atoms with van der Waals surface area (Å²) in [7, 11) is 0. The number of esters is 1. The fraction of sp³-hybridized carbons (Fsp3) is 0.938. The normalized spacial score (nSPS) is 10.8. The van der Waals surface area contributed by atoms with Gasteiger partial charge in [-0.25, -0.2) is 0 Å². The maximum atomic E-state index is 10.7. The summed E-state index contributed by atoms with van der Waals surface area (Å²) in [6.45, 7) is 6.62. The quantitative estimate of drug-likeness (QED) is 0.180. The summed E-state index contributed by atoms with van der Waals surface area (Å²) >= 11 is 8.24. The van der Waals surface area contributed by atoms with Crippen molar-refractivity contribution in [1.29, 1.82) is 0 Å². The van der Waals surface area contributed by atoms with E-state index in [1.165, 1.54) is 32.6 Å². The molecule has 1 unspecified atom stereocenters. The van der Waals surface area contributed by atoms with Crippen LogP contribution in [0.5, 0.6) is 0 Å². The Labute approximate surface area is 159 Å². The number of thiol groups is 1. The number of ether oxygens (including phenoxy) is 1. The van der Waals surface area contributed by atoms with E-state index in [0.717, 1.165) is 18.8 Å². The van der Waals surface area contributed by atoms with Crippen LogP contribution in [0.3, 0.4) is 0 Å². The molecule has 0 aliphatic heterocycles. The number of aliphatic hydroxyl groups excluding tert-OH is 1. The fourth-order valence-electron chi connectivity index (χ4n) is 1.42. The van der Waals surface area contributed by atoms with Crippen LogP contribution in [-0.4, -0.2) is 50.0 Å². The zero-order chi connectivity index (χ0) is 17.8. The molecule has 0 aromatic carbocycles. The van der Waals surface area contributed by atoms with Crippen LogP contribution in [0.1, 0.15) is 59.3 Å². The molecular weight excluding hydrogens is 423 g/mol. The molecule has 0 spiro atoms. The monoisotopic (exact) mass is 459 g/mol. The van der Waals surface area contributed by atoms with Crippen molar-refractivity contribution in [2.45, 2.75) is 74.6 Å². The first-order chi connectivity index (χ1) is 10.3. The van der Waals surface area contributed by atoms with Gasteiger partial charge in [0.1, 0.15) is 0 Å². The number of carbonyl (C=O) groups excluding carboxylic acids is 1. The van der Waals surface area contributed by atoms with Crippen molar-refractivity contribution in [3.05, 3.63) is 0 Å². The van der Waals surface area contributed by atoms with E-state index in [4.69, 9.17) is 9.84 Å². The average Bonchev–Trinajstić information content (AvgIpc) is 2.41. The number of carbonyl (C=O) groups is 1. The molecule has 0 aromatic heterocycles. The third-order valence-electron chi connectivity index (χ3n) is 2.32. The molecule has 22 heavy (non-hydrogen) atoms. The summed E-state index contributed by atoms with van der Waals surface area (Å²) in [6.07, 6.45) is 7.37. The second-order valence-corrected chi connectivity index (χ2v) is 9.28. The van der Waals surface area contributed by atoms with Gasteiger partial charge < -0.3 is 22.5 Å². The molecule has 0 aromatic rings. The van der Waals surface area contributed by atoms with Gasteiger partial charge in [-0.3, -0.25) is 4.79 Å². The predicted molar refractivity (Wildman–Crippen MR) is 104 cm³/mol. The van der Waals surface area contributed by atoms with Gasteiger partial charge in [0.25, 0.3) is 0 Å². The van der Waals surface area contributed by atoms with E-state index >= 15 is 0 Å². The van der Waals surface area contributed by atoms with Crippen LogP contribution in [0.4, 0.5) is 0 Å². The Morgan fingerprint density at radius 1 is 1.14 bits per heavy atom. The molecule has 0 saturated heterocycles. The van der Waals surface area contributed by atoms with Crippen molar-refractivity contribution in [2.75, 3.05) is 12.4 Å². The Bertz CT molecular complexity index is 213. The molecule has 0 rings (SSSR count). The summed E-state index contributed by atoms with van der Waals surface area (Å²) < 4.78 is 4.92. The van der Waals surface area contributed by atoms with Crippen molar-refractivity contribution in [3.8, 4) is 0 Å². The Kier molecular flexibility index (Phi) is 30.5. The van der Waals surface area contributed by atoms with Crippen LogP contribution in [-0.2, 0) is 22.2 Å². The number of rotatable bonds is 9. The predicted octanol–water partition coefficient (Wildman–Crippen LogP) is 4.11.